The average Bonchev–Trinajstić information content (AvgIpc) is 2.39. The second-order valence-corrected chi connectivity index (χ2v) is 5.17. The molecule has 2 nitrogen and oxygen atoms in total. The number of nitrogens with one attached hydrogen (secondary N) is 1. The Morgan fingerprint density at radius 1 is 0.944 bits per heavy atom. The minimum Gasteiger partial charge on any atom is -0.298 e. The van der Waals surface area contributed by atoms with Crippen molar-refractivity contribution in [3.05, 3.63) is 58.1 Å². The van der Waals surface area contributed by atoms with Crippen LogP contribution >= 0.6 is 28.7 Å². The molecule has 1 N–H and O–H groups in total. The van der Waals surface area contributed by atoms with E-state index in [1.807, 2.05) is 42.5 Å². The van der Waals surface area contributed by atoms with Crippen molar-refractivity contribution in [2.45, 2.75) is 0 Å². The smallest absolute Gasteiger partial charge is 0.104 e. The number of thiol groups is 1. The summed E-state index contributed by atoms with van der Waals surface area (Å²) in [5, 5.41) is 8.23. The van der Waals surface area contributed by atoms with Gasteiger partial charge < -0.3 is 0 Å². The third kappa shape index (κ3) is 1.64. The molecule has 1 aliphatic carbocycles. The molecule has 0 saturated heterocycles. The maximum absolute atomic E-state index is 8.23. The highest BCUT2D eigenvalue weighted by atomic mass is 79.9. The van der Waals surface area contributed by atoms with Crippen LogP contribution in [0.5, 0.6) is 0 Å². The van der Waals surface area contributed by atoms with Crippen molar-refractivity contribution in [2.75, 3.05) is 0 Å². The summed E-state index contributed by atoms with van der Waals surface area (Å²) in [6.07, 6.45) is 0. The Hall–Kier alpha value is -1.39. The van der Waals surface area contributed by atoms with E-state index in [0.29, 0.717) is 11.4 Å². The number of hydrogen-bond donors (Lipinski definition) is 2. The van der Waals surface area contributed by atoms with Crippen LogP contribution < -0.4 is 0 Å². The summed E-state index contributed by atoms with van der Waals surface area (Å²) >= 11 is 7.46. The predicted octanol–water partition coefficient (Wildman–Crippen LogP) is 4.13. The van der Waals surface area contributed by atoms with Crippen molar-refractivity contribution >= 4 is 40.2 Å². The summed E-state index contributed by atoms with van der Waals surface area (Å²) < 4.78 is 4.95. The Morgan fingerprint density at radius 3 is 2.33 bits per heavy atom. The van der Waals surface area contributed by atoms with Crippen molar-refractivity contribution in [3.8, 4) is 11.1 Å². The van der Waals surface area contributed by atoms with Crippen LogP contribution in [0.2, 0.25) is 0 Å². The van der Waals surface area contributed by atoms with Gasteiger partial charge in [-0.05, 0) is 36.1 Å². The normalized spacial score (nSPS) is 15.4. The van der Waals surface area contributed by atoms with Gasteiger partial charge in [0.2, 0.25) is 0 Å². The summed E-state index contributed by atoms with van der Waals surface area (Å²) in [5.74, 6) is 0. The van der Waals surface area contributed by atoms with E-state index in [2.05, 4.69) is 33.1 Å². The molecular formula is C14H9BrN2S. The monoisotopic (exact) mass is 316 g/mol. The molecule has 0 radical (unpaired) electrons. The van der Waals surface area contributed by atoms with Gasteiger partial charge in [0.15, 0.2) is 0 Å². The van der Waals surface area contributed by atoms with E-state index < -0.39 is 0 Å². The number of nitrogens with zero attached hydrogens (tertiary/aromatic N) is 1. The molecule has 0 amide bonds. The first kappa shape index (κ1) is 11.7. The van der Waals surface area contributed by atoms with Gasteiger partial charge in [-0.3, -0.25) is 5.41 Å². The molecule has 3 rings (SSSR count). The summed E-state index contributed by atoms with van der Waals surface area (Å²) in [5.41, 5.74) is 5.06. The minimum absolute atomic E-state index is 0.422. The summed E-state index contributed by atoms with van der Waals surface area (Å²) in [6.45, 7) is 0. The standard InChI is InChI=1S/C14H9BrN2S/c15-8-5-6-10-9-3-1-2-4-11(9)13(16)14(17-18)12(10)7-8/h1-7,16,18H/b16-13?,17-14-. The quantitative estimate of drug-likeness (QED) is 0.686. The minimum atomic E-state index is 0.422. The van der Waals surface area contributed by atoms with Crippen LogP contribution in [0.4, 0.5) is 0 Å². The average molecular weight is 317 g/mol. The van der Waals surface area contributed by atoms with Gasteiger partial charge in [0, 0.05) is 15.6 Å². The third-order valence-corrected chi connectivity index (χ3v) is 3.75. The van der Waals surface area contributed by atoms with Crippen LogP contribution in [0.1, 0.15) is 11.1 Å². The van der Waals surface area contributed by atoms with Gasteiger partial charge in [-0.1, -0.05) is 46.3 Å². The molecule has 0 unspecified atom stereocenters. The Morgan fingerprint density at radius 2 is 1.61 bits per heavy atom. The van der Waals surface area contributed by atoms with E-state index in [1.54, 1.807) is 0 Å². The Labute approximate surface area is 119 Å². The molecule has 2 aromatic rings. The SMILES string of the molecule is N=C1/C(=N\S)c2cc(Br)ccc2-c2ccccc21. The topological polar surface area (TPSA) is 36.2 Å². The van der Waals surface area contributed by atoms with Crippen LogP contribution in [0.3, 0.4) is 0 Å². The second-order valence-electron chi connectivity index (χ2n) is 4.06. The zero-order valence-electron chi connectivity index (χ0n) is 9.31. The molecule has 88 valence electrons. The predicted molar refractivity (Wildman–Crippen MR) is 81.9 cm³/mol. The van der Waals surface area contributed by atoms with Crippen LogP contribution in [-0.2, 0) is 0 Å². The van der Waals surface area contributed by atoms with Gasteiger partial charge in [-0.15, -0.1) is 0 Å². The number of fused-ring (bicyclic) bond motifs is 3. The van der Waals surface area contributed by atoms with Crippen molar-refractivity contribution < 1.29 is 0 Å². The molecule has 2 aromatic carbocycles. The zero-order chi connectivity index (χ0) is 12.7. The molecule has 4 heteroatoms. The number of hydrogen-bond acceptors (Lipinski definition) is 3. The van der Waals surface area contributed by atoms with Gasteiger partial charge in [0.25, 0.3) is 0 Å². The van der Waals surface area contributed by atoms with Gasteiger partial charge >= 0.3 is 0 Å². The van der Waals surface area contributed by atoms with E-state index in [1.165, 1.54) is 0 Å². The van der Waals surface area contributed by atoms with E-state index in [-0.39, 0.29) is 0 Å². The molecule has 0 heterocycles. The lowest BCUT2D eigenvalue weighted by Crippen LogP contribution is -2.21. The molecule has 0 atom stereocenters. The number of benzene rings is 2. The van der Waals surface area contributed by atoms with Gasteiger partial charge in [-0.25, -0.2) is 4.40 Å². The van der Waals surface area contributed by atoms with Crippen molar-refractivity contribution in [3.63, 3.8) is 0 Å². The highest BCUT2D eigenvalue weighted by molar-refractivity contribution is 9.10. The third-order valence-electron chi connectivity index (χ3n) is 3.06. The van der Waals surface area contributed by atoms with Crippen LogP contribution in [0, 0.1) is 5.41 Å². The first-order valence-corrected chi connectivity index (χ1v) is 6.62. The lowest BCUT2D eigenvalue weighted by atomic mass is 9.83. The molecule has 1 aliphatic rings. The summed E-state index contributed by atoms with van der Waals surface area (Å²) in [7, 11) is 0. The van der Waals surface area contributed by atoms with Gasteiger partial charge in [0.1, 0.15) is 5.71 Å². The maximum Gasteiger partial charge on any atom is 0.104 e. The fourth-order valence-electron chi connectivity index (χ4n) is 2.25. The molecule has 0 aromatic heterocycles. The molecule has 0 bridgehead atoms. The van der Waals surface area contributed by atoms with E-state index >= 15 is 0 Å². The lowest BCUT2D eigenvalue weighted by molar-refractivity contribution is 1.46. The highest BCUT2D eigenvalue weighted by Crippen LogP contribution is 2.35. The molecule has 0 fully saturated rings. The van der Waals surface area contributed by atoms with Crippen molar-refractivity contribution in [1.29, 1.82) is 5.41 Å². The van der Waals surface area contributed by atoms with Gasteiger partial charge in [0.05, 0.1) is 5.71 Å². The van der Waals surface area contributed by atoms with E-state index in [0.717, 1.165) is 26.7 Å². The Balaban J connectivity index is 2.41. The zero-order valence-corrected chi connectivity index (χ0v) is 11.8. The fraction of sp³-hybridized carbons (Fsp3) is 0. The van der Waals surface area contributed by atoms with Crippen molar-refractivity contribution in [2.24, 2.45) is 4.40 Å². The van der Waals surface area contributed by atoms with Gasteiger partial charge in [-0.2, -0.15) is 0 Å². The van der Waals surface area contributed by atoms with Crippen LogP contribution in [0.15, 0.2) is 51.3 Å². The Kier molecular flexibility index (Phi) is 2.84. The van der Waals surface area contributed by atoms with E-state index in [9.17, 15) is 0 Å². The summed E-state index contributed by atoms with van der Waals surface area (Å²) in [4.78, 5) is 0. The molecular weight excluding hydrogens is 308 g/mol. The van der Waals surface area contributed by atoms with Crippen molar-refractivity contribution in [1.82, 2.24) is 0 Å². The molecule has 0 saturated carbocycles. The first-order valence-electron chi connectivity index (χ1n) is 5.43. The lowest BCUT2D eigenvalue weighted by Gasteiger charge is -2.21. The van der Waals surface area contributed by atoms with Crippen LogP contribution in [-0.4, -0.2) is 11.4 Å². The molecule has 0 spiro atoms. The first-order chi connectivity index (χ1) is 8.72. The number of rotatable bonds is 0. The number of halogens is 1. The molecule has 0 aliphatic heterocycles. The highest BCUT2D eigenvalue weighted by Gasteiger charge is 2.25. The maximum atomic E-state index is 8.23. The molecule has 18 heavy (non-hydrogen) atoms. The van der Waals surface area contributed by atoms with E-state index in [4.69, 9.17) is 5.41 Å². The summed E-state index contributed by atoms with van der Waals surface area (Å²) in [6, 6.07) is 13.9. The fourth-order valence-corrected chi connectivity index (χ4v) is 2.82. The van der Waals surface area contributed by atoms with Crippen LogP contribution in [0.25, 0.3) is 11.1 Å². The Bertz CT molecular complexity index is 692. The largest absolute Gasteiger partial charge is 0.298 e. The second kappa shape index (κ2) is 4.37.